The van der Waals surface area contributed by atoms with E-state index in [0.29, 0.717) is 5.82 Å². The maximum atomic E-state index is 11.7. The van der Waals surface area contributed by atoms with Crippen LogP contribution in [-0.4, -0.2) is 22.1 Å². The molecule has 1 aliphatic rings. The number of carbonyl (C=O) groups is 1. The number of amides is 1. The van der Waals surface area contributed by atoms with E-state index in [2.05, 4.69) is 17.2 Å². The lowest BCUT2D eigenvalue weighted by molar-refractivity contribution is 0.248. The summed E-state index contributed by atoms with van der Waals surface area (Å²) in [5, 5.41) is 3.41. The number of benzene rings is 1. The van der Waals surface area contributed by atoms with E-state index in [1.165, 1.54) is 4.57 Å². The molecule has 1 amide bonds. The number of fused-ring (bicyclic) bond motifs is 1. The van der Waals surface area contributed by atoms with Crippen LogP contribution < -0.4 is 11.1 Å². The molecule has 3 N–H and O–H groups in total. The molecule has 0 unspecified atom stereocenters. The van der Waals surface area contributed by atoms with Gasteiger partial charge in [0.05, 0.1) is 16.6 Å². The summed E-state index contributed by atoms with van der Waals surface area (Å²) in [5.74, 6) is 0.716. The molecule has 0 aliphatic carbocycles. The fourth-order valence-corrected chi connectivity index (χ4v) is 2.70. The van der Waals surface area contributed by atoms with E-state index in [4.69, 9.17) is 5.73 Å². The number of primary amides is 1. The highest BCUT2D eigenvalue weighted by Gasteiger charge is 2.36. The van der Waals surface area contributed by atoms with Crippen molar-refractivity contribution in [2.75, 3.05) is 6.54 Å². The SMILES string of the molecule is C[C@]1(c2nc3ccccc3n2C(N)=O)CCCN1. The van der Waals surface area contributed by atoms with Crippen LogP contribution in [0.25, 0.3) is 11.0 Å². The molecule has 5 heteroatoms. The first kappa shape index (κ1) is 11.2. The molecule has 1 aromatic carbocycles. The average molecular weight is 244 g/mol. The van der Waals surface area contributed by atoms with Gasteiger partial charge in [-0.15, -0.1) is 0 Å². The quantitative estimate of drug-likeness (QED) is 0.799. The normalized spacial score (nSPS) is 23.6. The van der Waals surface area contributed by atoms with E-state index in [1.54, 1.807) is 0 Å². The van der Waals surface area contributed by atoms with Crippen LogP contribution in [0.4, 0.5) is 4.79 Å². The molecule has 0 radical (unpaired) electrons. The molecule has 1 fully saturated rings. The maximum Gasteiger partial charge on any atom is 0.324 e. The van der Waals surface area contributed by atoms with Gasteiger partial charge in [0.2, 0.25) is 0 Å². The van der Waals surface area contributed by atoms with E-state index < -0.39 is 6.03 Å². The Bertz CT molecular complexity index is 610. The van der Waals surface area contributed by atoms with Gasteiger partial charge in [0, 0.05) is 0 Å². The minimum Gasteiger partial charge on any atom is -0.351 e. The summed E-state index contributed by atoms with van der Waals surface area (Å²) in [6.45, 7) is 3.01. The molecule has 18 heavy (non-hydrogen) atoms. The summed E-state index contributed by atoms with van der Waals surface area (Å²) in [6.07, 6.45) is 2.04. The molecule has 94 valence electrons. The highest BCUT2D eigenvalue weighted by Crippen LogP contribution is 2.31. The number of para-hydroxylation sites is 2. The molecule has 1 saturated heterocycles. The number of imidazole rings is 1. The number of rotatable bonds is 1. The number of nitrogens with one attached hydrogen (secondary N) is 1. The van der Waals surface area contributed by atoms with Crippen LogP contribution in [0.5, 0.6) is 0 Å². The smallest absolute Gasteiger partial charge is 0.324 e. The Morgan fingerprint density at radius 3 is 2.94 bits per heavy atom. The second-order valence-corrected chi connectivity index (χ2v) is 4.96. The molecule has 0 saturated carbocycles. The van der Waals surface area contributed by atoms with E-state index in [-0.39, 0.29) is 5.54 Å². The molecule has 1 aliphatic heterocycles. The summed E-state index contributed by atoms with van der Waals surface area (Å²) in [4.78, 5) is 16.3. The molecule has 5 nitrogen and oxygen atoms in total. The standard InChI is InChI=1S/C13H16N4O/c1-13(7-4-8-15-13)11-16-9-5-2-3-6-10(9)17(11)12(14)18/h2-3,5-6,15H,4,7-8H2,1H3,(H2,14,18)/t13-/m1/s1. The van der Waals surface area contributed by atoms with Crippen LogP contribution in [0.2, 0.25) is 0 Å². The monoisotopic (exact) mass is 244 g/mol. The van der Waals surface area contributed by atoms with Gasteiger partial charge < -0.3 is 11.1 Å². The second kappa shape index (κ2) is 3.81. The lowest BCUT2D eigenvalue weighted by atomic mass is 9.99. The largest absolute Gasteiger partial charge is 0.351 e. The predicted molar refractivity (Wildman–Crippen MR) is 69.3 cm³/mol. The van der Waals surface area contributed by atoms with E-state index in [1.807, 2.05) is 24.3 Å². The number of hydrogen-bond donors (Lipinski definition) is 2. The van der Waals surface area contributed by atoms with Crippen molar-refractivity contribution in [2.45, 2.75) is 25.3 Å². The van der Waals surface area contributed by atoms with Gasteiger partial charge in [0.15, 0.2) is 0 Å². The average Bonchev–Trinajstić information content (AvgIpc) is 2.93. The zero-order valence-corrected chi connectivity index (χ0v) is 10.3. The van der Waals surface area contributed by atoms with Crippen molar-refractivity contribution in [2.24, 2.45) is 5.73 Å². The molecule has 1 aromatic heterocycles. The van der Waals surface area contributed by atoms with Crippen LogP contribution in [0.15, 0.2) is 24.3 Å². The molecular formula is C13H16N4O. The molecular weight excluding hydrogens is 228 g/mol. The summed E-state index contributed by atoms with van der Waals surface area (Å²) < 4.78 is 1.52. The summed E-state index contributed by atoms with van der Waals surface area (Å²) in [6, 6.07) is 7.09. The van der Waals surface area contributed by atoms with E-state index in [0.717, 1.165) is 30.4 Å². The van der Waals surface area contributed by atoms with Gasteiger partial charge in [0.1, 0.15) is 5.82 Å². The molecule has 3 rings (SSSR count). The molecule has 2 heterocycles. The van der Waals surface area contributed by atoms with Crippen LogP contribution in [-0.2, 0) is 5.54 Å². The number of hydrogen-bond acceptors (Lipinski definition) is 3. The third-order valence-corrected chi connectivity index (χ3v) is 3.64. The number of nitrogens with two attached hydrogens (primary N) is 1. The zero-order valence-electron chi connectivity index (χ0n) is 10.3. The summed E-state index contributed by atoms with van der Waals surface area (Å²) >= 11 is 0. The zero-order chi connectivity index (χ0) is 12.8. The lowest BCUT2D eigenvalue weighted by Gasteiger charge is -2.23. The van der Waals surface area contributed by atoms with Crippen molar-refractivity contribution in [3.63, 3.8) is 0 Å². The highest BCUT2D eigenvalue weighted by atomic mass is 16.2. The highest BCUT2D eigenvalue weighted by molar-refractivity contribution is 5.89. The van der Waals surface area contributed by atoms with Gasteiger partial charge in [-0.1, -0.05) is 12.1 Å². The van der Waals surface area contributed by atoms with Gasteiger partial charge in [-0.2, -0.15) is 0 Å². The predicted octanol–water partition coefficient (Wildman–Crippen LogP) is 1.56. The number of nitrogens with zero attached hydrogens (tertiary/aromatic N) is 2. The van der Waals surface area contributed by atoms with Gasteiger partial charge >= 0.3 is 6.03 Å². The van der Waals surface area contributed by atoms with Crippen molar-refractivity contribution in [1.29, 1.82) is 0 Å². The third-order valence-electron chi connectivity index (χ3n) is 3.64. The minimum atomic E-state index is -0.478. The first-order valence-corrected chi connectivity index (χ1v) is 6.15. The van der Waals surface area contributed by atoms with Crippen molar-refractivity contribution in [3.8, 4) is 0 Å². The van der Waals surface area contributed by atoms with Gasteiger partial charge in [-0.05, 0) is 38.4 Å². The van der Waals surface area contributed by atoms with Crippen LogP contribution in [0.3, 0.4) is 0 Å². The molecule has 1 atom stereocenters. The Balaban J connectivity index is 2.28. The lowest BCUT2D eigenvalue weighted by Crippen LogP contribution is -2.38. The Hall–Kier alpha value is -1.88. The van der Waals surface area contributed by atoms with Crippen molar-refractivity contribution >= 4 is 17.1 Å². The topological polar surface area (TPSA) is 72.9 Å². The van der Waals surface area contributed by atoms with E-state index >= 15 is 0 Å². The number of aromatic nitrogens is 2. The Kier molecular flexibility index (Phi) is 2.38. The molecule has 0 spiro atoms. The first-order valence-electron chi connectivity index (χ1n) is 6.15. The van der Waals surface area contributed by atoms with Crippen LogP contribution >= 0.6 is 0 Å². The van der Waals surface area contributed by atoms with Crippen molar-refractivity contribution < 1.29 is 4.79 Å². The van der Waals surface area contributed by atoms with Crippen molar-refractivity contribution in [3.05, 3.63) is 30.1 Å². The molecule has 2 aromatic rings. The molecule has 0 bridgehead atoms. The Morgan fingerprint density at radius 2 is 2.28 bits per heavy atom. The number of carbonyl (C=O) groups excluding carboxylic acids is 1. The fourth-order valence-electron chi connectivity index (χ4n) is 2.70. The summed E-state index contributed by atoms with van der Waals surface area (Å²) in [5.41, 5.74) is 6.82. The van der Waals surface area contributed by atoms with Gasteiger partial charge in [0.25, 0.3) is 0 Å². The van der Waals surface area contributed by atoms with Crippen molar-refractivity contribution in [1.82, 2.24) is 14.9 Å². The van der Waals surface area contributed by atoms with E-state index in [9.17, 15) is 4.79 Å². The fraction of sp³-hybridized carbons (Fsp3) is 0.385. The maximum absolute atomic E-state index is 11.7. The third kappa shape index (κ3) is 1.51. The first-order chi connectivity index (χ1) is 8.62. The summed E-state index contributed by atoms with van der Waals surface area (Å²) in [7, 11) is 0. The minimum absolute atomic E-state index is 0.270. The van der Waals surface area contributed by atoms with Crippen LogP contribution in [0, 0.1) is 0 Å². The Labute approximate surface area is 105 Å². The Morgan fingerprint density at radius 1 is 1.50 bits per heavy atom. The van der Waals surface area contributed by atoms with Crippen LogP contribution in [0.1, 0.15) is 25.6 Å². The van der Waals surface area contributed by atoms with Gasteiger partial charge in [-0.3, -0.25) is 0 Å². The second-order valence-electron chi connectivity index (χ2n) is 4.96. The van der Waals surface area contributed by atoms with Gasteiger partial charge in [-0.25, -0.2) is 14.3 Å².